The number of carboxylic acid groups (broad SMARTS) is 1. The Bertz CT molecular complexity index is 438. The minimum absolute atomic E-state index is 0.0892. The van der Waals surface area contributed by atoms with Crippen molar-refractivity contribution < 1.29 is 19.1 Å². The summed E-state index contributed by atoms with van der Waals surface area (Å²) >= 11 is 0. The molecule has 0 saturated heterocycles. The number of rotatable bonds is 3. The highest BCUT2D eigenvalue weighted by Gasteiger charge is 2.35. The van der Waals surface area contributed by atoms with Crippen LogP contribution in [0.4, 0.5) is 4.39 Å². The van der Waals surface area contributed by atoms with E-state index in [1.54, 1.807) is 0 Å². The van der Waals surface area contributed by atoms with E-state index in [1.807, 2.05) is 0 Å². The summed E-state index contributed by atoms with van der Waals surface area (Å²) in [7, 11) is 0. The fourth-order valence-electron chi connectivity index (χ4n) is 1.81. The lowest BCUT2D eigenvalue weighted by atomic mass is 9.80. The normalized spacial score (nSPS) is 22.6. The summed E-state index contributed by atoms with van der Waals surface area (Å²) in [4.78, 5) is 22.2. The molecule has 0 atom stereocenters. The molecule has 1 amide bonds. The van der Waals surface area contributed by atoms with Gasteiger partial charge in [-0.3, -0.25) is 9.59 Å². The molecule has 90 valence electrons. The molecule has 2 rings (SSSR count). The van der Waals surface area contributed by atoms with E-state index in [9.17, 15) is 14.0 Å². The fourth-order valence-corrected chi connectivity index (χ4v) is 1.81. The van der Waals surface area contributed by atoms with Gasteiger partial charge in [0.1, 0.15) is 5.82 Å². The molecule has 0 bridgehead atoms. The number of benzene rings is 1. The summed E-state index contributed by atoms with van der Waals surface area (Å²) in [6.45, 7) is 0. The third kappa shape index (κ3) is 2.61. The SMILES string of the molecule is O=C(NC1CC(C(=O)O)C1)c1ccc(F)cc1. The average Bonchev–Trinajstić information content (AvgIpc) is 2.23. The van der Waals surface area contributed by atoms with Crippen LogP contribution in [0.15, 0.2) is 24.3 Å². The first kappa shape index (κ1) is 11.6. The molecule has 0 spiro atoms. The van der Waals surface area contributed by atoms with Gasteiger partial charge in [0.15, 0.2) is 0 Å². The van der Waals surface area contributed by atoms with E-state index in [1.165, 1.54) is 24.3 Å². The van der Waals surface area contributed by atoms with Crippen LogP contribution in [-0.2, 0) is 4.79 Å². The second-order valence-electron chi connectivity index (χ2n) is 4.18. The van der Waals surface area contributed by atoms with Crippen molar-refractivity contribution in [1.82, 2.24) is 5.32 Å². The van der Waals surface area contributed by atoms with Gasteiger partial charge in [-0.1, -0.05) is 0 Å². The first-order valence-electron chi connectivity index (χ1n) is 5.35. The maximum atomic E-state index is 12.6. The lowest BCUT2D eigenvalue weighted by Crippen LogP contribution is -2.46. The van der Waals surface area contributed by atoms with Gasteiger partial charge in [0.25, 0.3) is 5.91 Å². The van der Waals surface area contributed by atoms with Gasteiger partial charge in [-0.25, -0.2) is 4.39 Å². The Morgan fingerprint density at radius 2 is 1.82 bits per heavy atom. The third-order valence-corrected chi connectivity index (χ3v) is 2.93. The van der Waals surface area contributed by atoms with Crippen molar-refractivity contribution in [2.45, 2.75) is 18.9 Å². The molecule has 1 fully saturated rings. The largest absolute Gasteiger partial charge is 0.481 e. The Hall–Kier alpha value is -1.91. The third-order valence-electron chi connectivity index (χ3n) is 2.93. The van der Waals surface area contributed by atoms with Crippen LogP contribution in [0, 0.1) is 11.7 Å². The Morgan fingerprint density at radius 3 is 2.35 bits per heavy atom. The number of halogens is 1. The molecule has 0 aromatic heterocycles. The minimum atomic E-state index is -0.822. The molecule has 1 aromatic carbocycles. The summed E-state index contributed by atoms with van der Waals surface area (Å²) in [6, 6.07) is 5.15. The van der Waals surface area contributed by atoms with Crippen LogP contribution in [-0.4, -0.2) is 23.0 Å². The average molecular weight is 237 g/mol. The molecule has 1 aliphatic carbocycles. The van der Waals surface area contributed by atoms with Crippen molar-refractivity contribution in [3.8, 4) is 0 Å². The molecule has 2 N–H and O–H groups in total. The van der Waals surface area contributed by atoms with Crippen molar-refractivity contribution in [2.75, 3.05) is 0 Å². The van der Waals surface area contributed by atoms with Crippen LogP contribution in [0.1, 0.15) is 23.2 Å². The van der Waals surface area contributed by atoms with Crippen LogP contribution >= 0.6 is 0 Å². The highest BCUT2D eigenvalue weighted by molar-refractivity contribution is 5.94. The number of amides is 1. The molecule has 4 nitrogen and oxygen atoms in total. The second kappa shape index (κ2) is 4.53. The monoisotopic (exact) mass is 237 g/mol. The molecule has 1 saturated carbocycles. The topological polar surface area (TPSA) is 66.4 Å². The van der Waals surface area contributed by atoms with E-state index < -0.39 is 11.8 Å². The highest BCUT2D eigenvalue weighted by atomic mass is 19.1. The van der Waals surface area contributed by atoms with Crippen LogP contribution < -0.4 is 5.32 Å². The number of carbonyl (C=O) groups is 2. The first-order valence-corrected chi connectivity index (χ1v) is 5.35. The molecule has 5 heteroatoms. The molecule has 0 unspecified atom stereocenters. The summed E-state index contributed by atoms with van der Waals surface area (Å²) in [6.07, 6.45) is 0.921. The first-order chi connectivity index (χ1) is 8.06. The maximum Gasteiger partial charge on any atom is 0.306 e. The van der Waals surface area contributed by atoms with Crippen molar-refractivity contribution in [3.05, 3.63) is 35.6 Å². The Kier molecular flexibility index (Phi) is 3.08. The van der Waals surface area contributed by atoms with Gasteiger partial charge in [-0.2, -0.15) is 0 Å². The van der Waals surface area contributed by atoms with Gasteiger partial charge < -0.3 is 10.4 Å². The van der Waals surface area contributed by atoms with E-state index in [2.05, 4.69) is 5.32 Å². The molecule has 17 heavy (non-hydrogen) atoms. The van der Waals surface area contributed by atoms with Crippen molar-refractivity contribution >= 4 is 11.9 Å². The number of hydrogen-bond donors (Lipinski definition) is 2. The zero-order chi connectivity index (χ0) is 12.4. The van der Waals surface area contributed by atoms with Crippen LogP contribution in [0.5, 0.6) is 0 Å². The number of carbonyl (C=O) groups excluding carboxylic acids is 1. The number of carboxylic acids is 1. The van der Waals surface area contributed by atoms with Crippen LogP contribution in [0.25, 0.3) is 0 Å². The van der Waals surface area contributed by atoms with E-state index >= 15 is 0 Å². The van der Waals surface area contributed by atoms with Gasteiger partial charge in [0, 0.05) is 11.6 Å². The minimum Gasteiger partial charge on any atom is -0.481 e. The van der Waals surface area contributed by atoms with Gasteiger partial charge >= 0.3 is 5.97 Å². The Morgan fingerprint density at radius 1 is 1.24 bits per heavy atom. The quantitative estimate of drug-likeness (QED) is 0.835. The molecular formula is C12H12FNO3. The van der Waals surface area contributed by atoms with Gasteiger partial charge in [-0.15, -0.1) is 0 Å². The number of aliphatic carboxylic acids is 1. The molecule has 0 heterocycles. The number of nitrogens with one attached hydrogen (secondary N) is 1. The van der Waals surface area contributed by atoms with E-state index in [4.69, 9.17) is 5.11 Å². The van der Waals surface area contributed by atoms with Crippen LogP contribution in [0.2, 0.25) is 0 Å². The van der Waals surface area contributed by atoms with Gasteiger partial charge in [-0.05, 0) is 37.1 Å². The Balaban J connectivity index is 1.87. The predicted molar refractivity (Wildman–Crippen MR) is 58.0 cm³/mol. The molecule has 0 aliphatic heterocycles. The van der Waals surface area contributed by atoms with Crippen molar-refractivity contribution in [1.29, 1.82) is 0 Å². The molecular weight excluding hydrogens is 225 g/mol. The summed E-state index contributed by atoms with van der Waals surface area (Å²) < 4.78 is 12.6. The summed E-state index contributed by atoms with van der Waals surface area (Å²) in [5, 5.41) is 11.4. The van der Waals surface area contributed by atoms with E-state index in [-0.39, 0.29) is 17.9 Å². The standard InChI is InChI=1S/C12H12FNO3/c13-9-3-1-7(2-4-9)11(15)14-10-5-8(6-10)12(16)17/h1-4,8,10H,5-6H2,(H,14,15)(H,16,17). The Labute approximate surface area is 97.4 Å². The van der Waals surface area contributed by atoms with E-state index in [0.717, 1.165) is 0 Å². The van der Waals surface area contributed by atoms with Crippen molar-refractivity contribution in [3.63, 3.8) is 0 Å². The smallest absolute Gasteiger partial charge is 0.306 e. The second-order valence-corrected chi connectivity index (χ2v) is 4.18. The summed E-state index contributed by atoms with van der Waals surface area (Å²) in [5.41, 5.74) is 0.380. The van der Waals surface area contributed by atoms with E-state index in [0.29, 0.717) is 18.4 Å². The van der Waals surface area contributed by atoms with Gasteiger partial charge in [0.2, 0.25) is 0 Å². The molecule has 1 aromatic rings. The number of hydrogen-bond acceptors (Lipinski definition) is 2. The van der Waals surface area contributed by atoms with Crippen LogP contribution in [0.3, 0.4) is 0 Å². The maximum absolute atomic E-state index is 12.6. The molecule has 1 aliphatic rings. The van der Waals surface area contributed by atoms with Crippen molar-refractivity contribution in [2.24, 2.45) is 5.92 Å². The lowest BCUT2D eigenvalue weighted by molar-refractivity contribution is -0.145. The predicted octanol–water partition coefficient (Wildman–Crippen LogP) is 1.42. The zero-order valence-corrected chi connectivity index (χ0v) is 9.02. The highest BCUT2D eigenvalue weighted by Crippen LogP contribution is 2.27. The fraction of sp³-hybridized carbons (Fsp3) is 0.333. The zero-order valence-electron chi connectivity index (χ0n) is 9.02. The summed E-state index contributed by atoms with van der Waals surface area (Å²) in [5.74, 6) is -1.86. The van der Waals surface area contributed by atoms with Gasteiger partial charge in [0.05, 0.1) is 5.92 Å². The molecule has 0 radical (unpaired) electrons. The lowest BCUT2D eigenvalue weighted by Gasteiger charge is -2.32.